The van der Waals surface area contributed by atoms with Gasteiger partial charge in [-0.2, -0.15) is 0 Å². The van der Waals surface area contributed by atoms with E-state index in [-0.39, 0.29) is 5.45 Å². The van der Waals surface area contributed by atoms with Crippen molar-refractivity contribution >= 4 is 13.0 Å². The zero-order valence-electron chi connectivity index (χ0n) is 11.0. The van der Waals surface area contributed by atoms with Crippen LogP contribution < -0.4 is 0 Å². The van der Waals surface area contributed by atoms with Gasteiger partial charge in [0.05, 0.1) is 13.2 Å². The lowest BCUT2D eigenvalue weighted by molar-refractivity contribution is 0.209. The lowest BCUT2D eigenvalue weighted by Crippen LogP contribution is -2.08. The van der Waals surface area contributed by atoms with Crippen molar-refractivity contribution in [1.82, 2.24) is 0 Å². The standard InChI is InChI=1S/C11H24NO4P/c1-4-7-9-15-17(14,11(6-3)12-13)16-10-8-5-2/h13H,4-10H2,1-3H3. The van der Waals surface area contributed by atoms with Crippen LogP contribution in [0.25, 0.3) is 0 Å². The monoisotopic (exact) mass is 265 g/mol. The van der Waals surface area contributed by atoms with Gasteiger partial charge in [-0.1, -0.05) is 38.8 Å². The highest BCUT2D eigenvalue weighted by Crippen LogP contribution is 2.51. The quantitative estimate of drug-likeness (QED) is 0.213. The van der Waals surface area contributed by atoms with Gasteiger partial charge in [-0.15, -0.1) is 0 Å². The first-order chi connectivity index (χ1) is 8.14. The molecule has 0 aliphatic rings. The molecule has 0 aliphatic heterocycles. The Bertz CT molecular complexity index is 254. The fraction of sp³-hybridized carbons (Fsp3) is 0.909. The van der Waals surface area contributed by atoms with Crippen molar-refractivity contribution in [2.75, 3.05) is 13.2 Å². The molecule has 0 aromatic rings. The fourth-order valence-corrected chi connectivity index (χ4v) is 2.77. The van der Waals surface area contributed by atoms with Crippen molar-refractivity contribution in [3.8, 4) is 0 Å². The summed E-state index contributed by atoms with van der Waals surface area (Å²) in [5.74, 6) is 0. The molecule has 6 heteroatoms. The molecule has 0 amide bonds. The van der Waals surface area contributed by atoms with Gasteiger partial charge in [-0.05, 0) is 19.3 Å². The van der Waals surface area contributed by atoms with Crippen LogP contribution in [0.4, 0.5) is 0 Å². The summed E-state index contributed by atoms with van der Waals surface area (Å²) in [5, 5.41) is 11.9. The third-order valence-electron chi connectivity index (χ3n) is 2.27. The second-order valence-corrected chi connectivity index (χ2v) is 5.77. The first-order valence-electron chi connectivity index (χ1n) is 6.25. The molecular formula is C11H24NO4P. The summed E-state index contributed by atoms with van der Waals surface area (Å²) >= 11 is 0. The molecule has 0 fully saturated rings. The molecule has 0 aliphatic carbocycles. The van der Waals surface area contributed by atoms with Gasteiger partial charge in [-0.3, -0.25) is 4.57 Å². The van der Waals surface area contributed by atoms with Crippen LogP contribution in [0.3, 0.4) is 0 Å². The van der Waals surface area contributed by atoms with E-state index < -0.39 is 7.60 Å². The van der Waals surface area contributed by atoms with Gasteiger partial charge in [0.25, 0.3) is 0 Å². The largest absolute Gasteiger partial charge is 0.410 e. The Morgan fingerprint density at radius 3 is 1.88 bits per heavy atom. The minimum atomic E-state index is -3.39. The van der Waals surface area contributed by atoms with Crippen molar-refractivity contribution < 1.29 is 18.8 Å². The van der Waals surface area contributed by atoms with Crippen LogP contribution in [0.5, 0.6) is 0 Å². The van der Waals surface area contributed by atoms with Crippen molar-refractivity contribution in [1.29, 1.82) is 0 Å². The number of hydrogen-bond acceptors (Lipinski definition) is 5. The van der Waals surface area contributed by atoms with E-state index in [2.05, 4.69) is 5.16 Å². The second kappa shape index (κ2) is 9.63. The zero-order chi connectivity index (χ0) is 13.1. The Morgan fingerprint density at radius 1 is 1.12 bits per heavy atom. The van der Waals surface area contributed by atoms with Crippen molar-refractivity contribution in [2.24, 2.45) is 5.16 Å². The lowest BCUT2D eigenvalue weighted by atomic mass is 10.4. The van der Waals surface area contributed by atoms with E-state index >= 15 is 0 Å². The van der Waals surface area contributed by atoms with E-state index in [0.29, 0.717) is 19.6 Å². The molecule has 0 aromatic heterocycles. The normalized spacial score (nSPS) is 13.0. The summed E-state index contributed by atoms with van der Waals surface area (Å²) in [5.41, 5.74) is 0.102. The van der Waals surface area contributed by atoms with Gasteiger partial charge in [0.15, 0.2) is 5.45 Å². The van der Waals surface area contributed by atoms with Crippen LogP contribution in [0.15, 0.2) is 5.16 Å². The van der Waals surface area contributed by atoms with E-state index in [1.165, 1.54) is 0 Å². The molecule has 0 saturated heterocycles. The van der Waals surface area contributed by atoms with Gasteiger partial charge >= 0.3 is 7.60 Å². The topological polar surface area (TPSA) is 68.1 Å². The average molecular weight is 265 g/mol. The zero-order valence-corrected chi connectivity index (χ0v) is 11.9. The Balaban J connectivity index is 4.51. The molecule has 17 heavy (non-hydrogen) atoms. The molecule has 0 bridgehead atoms. The molecule has 1 N–H and O–H groups in total. The van der Waals surface area contributed by atoms with E-state index in [4.69, 9.17) is 14.3 Å². The summed E-state index contributed by atoms with van der Waals surface area (Å²) in [7, 11) is -3.39. The number of rotatable bonds is 10. The van der Waals surface area contributed by atoms with Crippen LogP contribution in [-0.2, 0) is 13.6 Å². The SMILES string of the molecule is CCCCOP(=O)(OCCCC)C(CC)=NO. The molecule has 0 aromatic carbocycles. The highest BCUT2D eigenvalue weighted by Gasteiger charge is 2.31. The summed E-state index contributed by atoms with van der Waals surface area (Å²) in [6.07, 6.45) is 3.87. The maximum Gasteiger partial charge on any atom is 0.378 e. The van der Waals surface area contributed by atoms with E-state index in [0.717, 1.165) is 25.7 Å². The van der Waals surface area contributed by atoms with Gasteiger partial charge < -0.3 is 14.3 Å². The molecule has 0 unspecified atom stereocenters. The first kappa shape index (κ1) is 16.6. The third kappa shape index (κ3) is 6.20. The summed E-state index contributed by atoms with van der Waals surface area (Å²) in [6.45, 7) is 6.52. The number of unbranched alkanes of at least 4 members (excludes halogenated alkanes) is 2. The van der Waals surface area contributed by atoms with E-state index in [9.17, 15) is 4.57 Å². The molecule has 0 spiro atoms. The molecular weight excluding hydrogens is 241 g/mol. The van der Waals surface area contributed by atoms with Gasteiger partial charge in [0.1, 0.15) is 0 Å². The minimum absolute atomic E-state index is 0.102. The lowest BCUT2D eigenvalue weighted by Gasteiger charge is -2.18. The molecule has 0 radical (unpaired) electrons. The highest BCUT2D eigenvalue weighted by molar-refractivity contribution is 7.72. The van der Waals surface area contributed by atoms with Crippen LogP contribution in [-0.4, -0.2) is 23.9 Å². The third-order valence-corrected chi connectivity index (χ3v) is 4.35. The Morgan fingerprint density at radius 2 is 1.59 bits per heavy atom. The van der Waals surface area contributed by atoms with Crippen molar-refractivity contribution in [3.05, 3.63) is 0 Å². The predicted molar refractivity (Wildman–Crippen MR) is 68.8 cm³/mol. The highest BCUT2D eigenvalue weighted by atomic mass is 31.2. The van der Waals surface area contributed by atoms with Crippen LogP contribution in [0.2, 0.25) is 0 Å². The molecule has 0 saturated carbocycles. The number of oxime groups is 1. The van der Waals surface area contributed by atoms with Gasteiger partial charge in [0.2, 0.25) is 0 Å². The maximum atomic E-state index is 12.4. The minimum Gasteiger partial charge on any atom is -0.410 e. The number of hydrogen-bond donors (Lipinski definition) is 1. The summed E-state index contributed by atoms with van der Waals surface area (Å²) in [4.78, 5) is 0. The summed E-state index contributed by atoms with van der Waals surface area (Å²) < 4.78 is 23.0. The Hall–Kier alpha value is -0.380. The molecule has 102 valence electrons. The smallest absolute Gasteiger partial charge is 0.378 e. The molecule has 5 nitrogen and oxygen atoms in total. The average Bonchev–Trinajstić information content (AvgIpc) is 2.31. The molecule has 0 heterocycles. The first-order valence-corrected chi connectivity index (χ1v) is 7.79. The molecule has 0 rings (SSSR count). The molecule has 0 atom stereocenters. The van der Waals surface area contributed by atoms with Crippen LogP contribution >= 0.6 is 7.60 Å². The Labute approximate surface area is 104 Å². The fourth-order valence-electron chi connectivity index (χ4n) is 1.16. The van der Waals surface area contributed by atoms with Gasteiger partial charge in [0, 0.05) is 0 Å². The van der Waals surface area contributed by atoms with Gasteiger partial charge in [-0.25, -0.2) is 0 Å². The predicted octanol–water partition coefficient (Wildman–Crippen LogP) is 4.01. The maximum absolute atomic E-state index is 12.4. The van der Waals surface area contributed by atoms with Crippen molar-refractivity contribution in [3.63, 3.8) is 0 Å². The van der Waals surface area contributed by atoms with E-state index in [1.54, 1.807) is 6.92 Å². The summed E-state index contributed by atoms with van der Waals surface area (Å²) in [6, 6.07) is 0. The van der Waals surface area contributed by atoms with Crippen LogP contribution in [0, 0.1) is 0 Å². The van der Waals surface area contributed by atoms with Crippen molar-refractivity contribution in [2.45, 2.75) is 52.9 Å². The van der Waals surface area contributed by atoms with E-state index in [1.807, 2.05) is 13.8 Å². The van der Waals surface area contributed by atoms with Crippen LogP contribution in [0.1, 0.15) is 52.9 Å². The number of nitrogens with zero attached hydrogens (tertiary/aromatic N) is 1. The second-order valence-electron chi connectivity index (χ2n) is 3.74. The Kier molecular flexibility index (Phi) is 9.41.